The van der Waals surface area contributed by atoms with Crippen molar-refractivity contribution in [2.45, 2.75) is 85.2 Å². The number of nitrogens with zero attached hydrogens (tertiary/aromatic N) is 3. The van der Waals surface area contributed by atoms with E-state index in [-0.39, 0.29) is 18.2 Å². The monoisotopic (exact) mass is 476 g/mol. The van der Waals surface area contributed by atoms with Crippen LogP contribution in [0.1, 0.15) is 60.4 Å². The van der Waals surface area contributed by atoms with Crippen molar-refractivity contribution < 1.29 is 19.1 Å². The van der Waals surface area contributed by atoms with E-state index in [1.807, 2.05) is 58.6 Å². The lowest BCUT2D eigenvalue weighted by atomic mass is 10.1. The smallest absolute Gasteiger partial charge is 0.410 e. The van der Waals surface area contributed by atoms with Crippen molar-refractivity contribution in [1.82, 2.24) is 15.2 Å². The predicted molar refractivity (Wildman–Crippen MR) is 132 cm³/mol. The second kappa shape index (κ2) is 9.37. The Kier molecular flexibility index (Phi) is 7.12. The summed E-state index contributed by atoms with van der Waals surface area (Å²) in [6.45, 7) is 17.0. The minimum absolute atomic E-state index is 0.0000769. The first-order chi connectivity index (χ1) is 15.2. The molecule has 2 atom stereocenters. The third kappa shape index (κ3) is 6.50. The van der Waals surface area contributed by atoms with Gasteiger partial charge in [0.1, 0.15) is 16.2 Å². The number of benzene rings is 1. The Morgan fingerprint density at radius 1 is 1.06 bits per heavy atom. The number of nitrogens with one attached hydrogen (secondary N) is 1. The summed E-state index contributed by atoms with van der Waals surface area (Å²) in [5.41, 5.74) is 0.926. The van der Waals surface area contributed by atoms with E-state index in [1.54, 1.807) is 11.3 Å². The van der Waals surface area contributed by atoms with Crippen molar-refractivity contribution in [1.29, 1.82) is 0 Å². The van der Waals surface area contributed by atoms with Crippen LogP contribution in [-0.2, 0) is 16.0 Å². The van der Waals surface area contributed by atoms with Crippen LogP contribution < -0.4 is 10.2 Å². The van der Waals surface area contributed by atoms with Crippen LogP contribution in [0.4, 0.5) is 15.3 Å². The van der Waals surface area contributed by atoms with Crippen LogP contribution in [0.3, 0.4) is 0 Å². The van der Waals surface area contributed by atoms with Crippen LogP contribution in [0.5, 0.6) is 0 Å². The molecule has 182 valence electrons. The lowest BCUT2D eigenvalue weighted by Gasteiger charge is -2.45. The van der Waals surface area contributed by atoms with Gasteiger partial charge in [-0.1, -0.05) is 6.07 Å². The molecule has 0 unspecified atom stereocenters. The maximum atomic E-state index is 12.7. The number of ether oxygens (including phenoxy) is 2. The maximum absolute atomic E-state index is 12.7. The fourth-order valence-corrected chi connectivity index (χ4v) is 5.01. The van der Waals surface area contributed by atoms with Gasteiger partial charge in [-0.15, -0.1) is 11.3 Å². The van der Waals surface area contributed by atoms with E-state index in [2.05, 4.69) is 30.1 Å². The molecule has 0 aliphatic carbocycles. The Labute approximate surface area is 200 Å². The predicted octanol–water partition coefficient (Wildman–Crippen LogP) is 5.16. The highest BCUT2D eigenvalue weighted by Gasteiger charge is 2.36. The molecule has 0 spiro atoms. The first-order valence-electron chi connectivity index (χ1n) is 11.3. The Balaban J connectivity index is 1.74. The zero-order valence-electron chi connectivity index (χ0n) is 20.9. The van der Waals surface area contributed by atoms with Gasteiger partial charge in [-0.2, -0.15) is 0 Å². The highest BCUT2D eigenvalue weighted by atomic mass is 32.1. The van der Waals surface area contributed by atoms with E-state index >= 15 is 0 Å². The van der Waals surface area contributed by atoms with Gasteiger partial charge in [0, 0.05) is 13.1 Å². The van der Waals surface area contributed by atoms with Gasteiger partial charge in [0.05, 0.1) is 34.5 Å². The number of aromatic nitrogens is 1. The van der Waals surface area contributed by atoms with Gasteiger partial charge in [-0.3, -0.25) is 4.90 Å². The number of hydrogen-bond acceptors (Lipinski definition) is 7. The fraction of sp³-hybridized carbons (Fsp3) is 0.625. The van der Waals surface area contributed by atoms with E-state index in [0.717, 1.165) is 20.9 Å². The zero-order valence-corrected chi connectivity index (χ0v) is 21.7. The maximum Gasteiger partial charge on any atom is 0.410 e. The zero-order chi connectivity index (χ0) is 24.6. The van der Waals surface area contributed by atoms with Gasteiger partial charge in [0.15, 0.2) is 0 Å². The van der Waals surface area contributed by atoms with Crippen molar-refractivity contribution in [3.8, 4) is 0 Å². The van der Waals surface area contributed by atoms with Crippen molar-refractivity contribution in [3.05, 3.63) is 23.2 Å². The molecule has 0 radical (unpaired) electrons. The number of anilines is 1. The highest BCUT2D eigenvalue weighted by Crippen LogP contribution is 2.34. The van der Waals surface area contributed by atoms with Crippen LogP contribution in [-0.4, -0.2) is 58.4 Å². The molecular weight excluding hydrogens is 440 g/mol. The van der Waals surface area contributed by atoms with Gasteiger partial charge in [0.25, 0.3) is 0 Å². The van der Waals surface area contributed by atoms with Gasteiger partial charge in [-0.05, 0) is 67.5 Å². The molecule has 3 rings (SSSR count). The van der Waals surface area contributed by atoms with E-state index in [4.69, 9.17) is 14.5 Å². The Morgan fingerprint density at radius 2 is 1.67 bits per heavy atom. The lowest BCUT2D eigenvalue weighted by molar-refractivity contribution is 0.00565. The van der Waals surface area contributed by atoms with Crippen LogP contribution in [0, 0.1) is 0 Å². The summed E-state index contributed by atoms with van der Waals surface area (Å²) in [5.74, 6) is 0. The lowest BCUT2D eigenvalue weighted by Crippen LogP contribution is -2.59. The van der Waals surface area contributed by atoms with Crippen molar-refractivity contribution in [2.24, 2.45) is 0 Å². The van der Waals surface area contributed by atoms with Gasteiger partial charge >= 0.3 is 12.2 Å². The molecule has 9 heteroatoms. The van der Waals surface area contributed by atoms with Crippen LogP contribution in [0.2, 0.25) is 0 Å². The molecule has 1 fully saturated rings. The topological polar surface area (TPSA) is 84.0 Å². The molecule has 0 saturated carbocycles. The molecule has 2 heterocycles. The molecule has 1 N–H and O–H groups in total. The number of hydrogen-bond donors (Lipinski definition) is 1. The second-order valence-electron chi connectivity index (χ2n) is 10.6. The summed E-state index contributed by atoms with van der Waals surface area (Å²) in [5, 5.41) is 3.60. The Hall–Kier alpha value is -2.55. The summed E-state index contributed by atoms with van der Waals surface area (Å²) in [4.78, 5) is 33.6. The molecule has 33 heavy (non-hydrogen) atoms. The number of alkyl carbamates (subject to hydrolysis) is 1. The number of fused-ring (bicyclic) bond motifs is 1. The van der Waals surface area contributed by atoms with Gasteiger partial charge in [-0.25, -0.2) is 14.6 Å². The summed E-state index contributed by atoms with van der Waals surface area (Å²) in [6.07, 6.45) is -0.725. The van der Waals surface area contributed by atoms with E-state index < -0.39 is 17.3 Å². The summed E-state index contributed by atoms with van der Waals surface area (Å²) >= 11 is 1.57. The van der Waals surface area contributed by atoms with Crippen molar-refractivity contribution in [2.75, 3.05) is 18.0 Å². The molecule has 1 aliphatic heterocycles. The van der Waals surface area contributed by atoms with E-state index in [1.165, 1.54) is 0 Å². The summed E-state index contributed by atoms with van der Waals surface area (Å²) in [6, 6.07) is 6.07. The SMILES string of the molecule is C[C@H]1CN(c2cccc3nc(CNC(=O)OC(C)(C)C)sc23)C[C@H](C)N1C(=O)OC(C)(C)C. The standard InChI is InChI=1S/C24H36N4O4S/c1-15-13-27(14-16(2)28(15)22(30)32-24(6,7)8)18-11-9-10-17-20(18)33-19(26-17)12-25-21(29)31-23(3,4)5/h9-11,15-16H,12-14H2,1-8H3,(H,25,29)/t15-,16-/m0/s1. The van der Waals surface area contributed by atoms with Crippen molar-refractivity contribution in [3.63, 3.8) is 0 Å². The first kappa shape index (κ1) is 25.1. The molecule has 2 amide bonds. The molecule has 2 aromatic rings. The van der Waals surface area contributed by atoms with E-state index in [0.29, 0.717) is 19.6 Å². The van der Waals surface area contributed by atoms with Crippen LogP contribution >= 0.6 is 11.3 Å². The molecule has 1 aliphatic rings. The molecule has 8 nitrogen and oxygen atoms in total. The molecule has 0 bridgehead atoms. The quantitative estimate of drug-likeness (QED) is 0.659. The average Bonchev–Trinajstić information content (AvgIpc) is 3.06. The number of amides is 2. The Bertz CT molecular complexity index is 996. The normalized spacial score (nSPS) is 19.5. The number of rotatable bonds is 3. The minimum atomic E-state index is -0.542. The number of carbonyl (C=O) groups excluding carboxylic acids is 2. The number of carbonyl (C=O) groups is 2. The molecule has 1 saturated heterocycles. The number of piperazine rings is 1. The first-order valence-corrected chi connectivity index (χ1v) is 12.2. The third-order valence-electron chi connectivity index (χ3n) is 5.09. The number of thiazole rings is 1. The molecule has 1 aromatic carbocycles. The third-order valence-corrected chi connectivity index (χ3v) is 6.18. The van der Waals surface area contributed by atoms with E-state index in [9.17, 15) is 9.59 Å². The summed E-state index contributed by atoms with van der Waals surface area (Å²) < 4.78 is 12.0. The molecular formula is C24H36N4O4S. The fourth-order valence-electron chi connectivity index (χ4n) is 3.96. The van der Waals surface area contributed by atoms with Gasteiger partial charge < -0.3 is 19.7 Å². The summed E-state index contributed by atoms with van der Waals surface area (Å²) in [7, 11) is 0. The van der Waals surface area contributed by atoms with Crippen LogP contribution in [0.25, 0.3) is 10.2 Å². The minimum Gasteiger partial charge on any atom is -0.444 e. The largest absolute Gasteiger partial charge is 0.444 e. The Morgan fingerprint density at radius 3 is 2.24 bits per heavy atom. The second-order valence-corrected chi connectivity index (χ2v) is 11.7. The van der Waals surface area contributed by atoms with Crippen molar-refractivity contribution >= 4 is 39.4 Å². The highest BCUT2D eigenvalue weighted by molar-refractivity contribution is 7.19. The van der Waals surface area contributed by atoms with Crippen LogP contribution in [0.15, 0.2) is 18.2 Å². The molecule has 1 aromatic heterocycles. The average molecular weight is 477 g/mol. The van der Waals surface area contributed by atoms with Gasteiger partial charge in [0.2, 0.25) is 0 Å².